The zero-order valence-electron chi connectivity index (χ0n) is 19.0. The average Bonchev–Trinajstić information content (AvgIpc) is 2.90. The smallest absolute Gasteiger partial charge is 0.305 e. The predicted octanol–water partition coefficient (Wildman–Crippen LogP) is 5.69. The van der Waals surface area contributed by atoms with Crippen molar-refractivity contribution in [2.75, 3.05) is 7.11 Å². The highest BCUT2D eigenvalue weighted by Crippen LogP contribution is 2.17. The van der Waals surface area contributed by atoms with Crippen LogP contribution in [0, 0.1) is 0 Å². The van der Waals surface area contributed by atoms with E-state index >= 15 is 0 Å². The summed E-state index contributed by atoms with van der Waals surface area (Å²) < 4.78 is 10.6. The summed E-state index contributed by atoms with van der Waals surface area (Å²) in [4.78, 5) is 21.8. The Morgan fingerprint density at radius 3 is 2.38 bits per heavy atom. The molecule has 4 aromatic rings. The van der Waals surface area contributed by atoms with Crippen molar-refractivity contribution in [3.8, 4) is 5.75 Å². The normalized spacial score (nSPS) is 11.3. The third-order valence-electron chi connectivity index (χ3n) is 5.27. The second-order valence-corrected chi connectivity index (χ2v) is 7.68. The first-order valence-corrected chi connectivity index (χ1v) is 11.1. The van der Waals surface area contributed by atoms with Crippen LogP contribution in [0.3, 0.4) is 0 Å². The molecule has 1 heterocycles. The van der Waals surface area contributed by atoms with Crippen molar-refractivity contribution in [2.24, 2.45) is 5.16 Å². The fourth-order valence-corrected chi connectivity index (χ4v) is 3.41. The van der Waals surface area contributed by atoms with E-state index in [4.69, 9.17) is 14.3 Å². The summed E-state index contributed by atoms with van der Waals surface area (Å²) in [5.41, 5.74) is 4.41. The summed E-state index contributed by atoms with van der Waals surface area (Å²) in [6.07, 6.45) is 0.679. The number of nitrogens with zero attached hydrogens (tertiary/aromatic N) is 2. The maximum atomic E-state index is 11.5. The zero-order chi connectivity index (χ0) is 23.6. The lowest BCUT2D eigenvalue weighted by Crippen LogP contribution is -2.08. The quantitative estimate of drug-likeness (QED) is 0.175. The van der Waals surface area contributed by atoms with Crippen LogP contribution < -0.4 is 4.74 Å². The van der Waals surface area contributed by atoms with Gasteiger partial charge in [0.15, 0.2) is 0 Å². The van der Waals surface area contributed by atoms with E-state index in [2.05, 4.69) is 16.2 Å². The molecular formula is C28H26N2O4. The summed E-state index contributed by atoms with van der Waals surface area (Å²) in [5, 5.41) is 5.40. The van der Waals surface area contributed by atoms with Gasteiger partial charge in [-0.15, -0.1) is 0 Å². The molecule has 3 aromatic carbocycles. The van der Waals surface area contributed by atoms with Crippen LogP contribution in [0.15, 0.2) is 96.2 Å². The van der Waals surface area contributed by atoms with Gasteiger partial charge in [-0.25, -0.2) is 4.98 Å². The maximum absolute atomic E-state index is 11.5. The van der Waals surface area contributed by atoms with Crippen LogP contribution in [-0.2, 0) is 27.6 Å². The average molecular weight is 455 g/mol. The number of pyridine rings is 1. The number of benzene rings is 3. The van der Waals surface area contributed by atoms with Crippen LogP contribution in [0.25, 0.3) is 10.9 Å². The first kappa shape index (κ1) is 23.0. The first-order valence-electron chi connectivity index (χ1n) is 11.1. The van der Waals surface area contributed by atoms with E-state index in [-0.39, 0.29) is 12.4 Å². The van der Waals surface area contributed by atoms with Crippen LogP contribution >= 0.6 is 0 Å². The lowest BCUT2D eigenvalue weighted by Gasteiger charge is -2.09. The van der Waals surface area contributed by atoms with Crippen molar-refractivity contribution in [1.82, 2.24) is 4.98 Å². The van der Waals surface area contributed by atoms with Gasteiger partial charge in [-0.3, -0.25) is 4.79 Å². The van der Waals surface area contributed by atoms with Gasteiger partial charge in [-0.2, -0.15) is 0 Å². The van der Waals surface area contributed by atoms with E-state index in [0.717, 1.165) is 33.5 Å². The number of esters is 1. The number of methoxy groups -OCH3 is 1. The summed E-state index contributed by atoms with van der Waals surface area (Å²) in [6, 6.07) is 29.4. The largest absolute Gasteiger partial charge is 0.487 e. The minimum Gasteiger partial charge on any atom is -0.487 e. The van der Waals surface area contributed by atoms with Crippen LogP contribution in [0.5, 0.6) is 5.75 Å². The van der Waals surface area contributed by atoms with Crippen molar-refractivity contribution >= 4 is 22.6 Å². The summed E-state index contributed by atoms with van der Waals surface area (Å²) in [7, 11) is 1.38. The molecule has 0 radical (unpaired) electrons. The van der Waals surface area contributed by atoms with Crippen LogP contribution in [0.4, 0.5) is 0 Å². The minimum absolute atomic E-state index is 0.242. The Bertz CT molecular complexity index is 1250. The molecule has 0 bridgehead atoms. The minimum atomic E-state index is -0.280. The number of aromatic nitrogens is 1. The van der Waals surface area contributed by atoms with Crippen molar-refractivity contribution in [3.05, 3.63) is 108 Å². The summed E-state index contributed by atoms with van der Waals surface area (Å²) in [5.74, 6) is 0.475. The highest BCUT2D eigenvalue weighted by molar-refractivity contribution is 6.01. The molecule has 0 saturated heterocycles. The van der Waals surface area contributed by atoms with Gasteiger partial charge in [0.25, 0.3) is 0 Å². The Morgan fingerprint density at radius 1 is 0.824 bits per heavy atom. The number of carbonyl (C=O) groups is 1. The molecular weight excluding hydrogens is 428 g/mol. The van der Waals surface area contributed by atoms with Crippen LogP contribution in [0.1, 0.15) is 29.7 Å². The Balaban J connectivity index is 1.32. The molecule has 34 heavy (non-hydrogen) atoms. The molecule has 1 aromatic heterocycles. The van der Waals surface area contributed by atoms with Gasteiger partial charge in [-0.1, -0.05) is 71.9 Å². The lowest BCUT2D eigenvalue weighted by molar-refractivity contribution is -0.140. The Kier molecular flexibility index (Phi) is 7.85. The molecule has 0 aliphatic rings. The molecule has 0 saturated carbocycles. The molecule has 172 valence electrons. The molecule has 0 aliphatic carbocycles. The van der Waals surface area contributed by atoms with E-state index in [1.807, 2.05) is 84.9 Å². The van der Waals surface area contributed by atoms with Crippen LogP contribution in [0.2, 0.25) is 0 Å². The molecule has 0 fully saturated rings. The van der Waals surface area contributed by atoms with E-state index in [9.17, 15) is 4.79 Å². The van der Waals surface area contributed by atoms with Crippen LogP contribution in [-0.4, -0.2) is 23.8 Å². The van der Waals surface area contributed by atoms with Crippen molar-refractivity contribution < 1.29 is 19.1 Å². The van der Waals surface area contributed by atoms with Gasteiger partial charge in [-0.05, 0) is 35.4 Å². The standard InChI is InChI=1S/C28H26N2O4/c1-32-28(31)18-17-27(22-7-3-2-4-8-22)30-34-19-21-11-15-25(16-12-21)33-20-24-14-13-23-9-5-6-10-26(23)29-24/h2-16H,17-20H2,1H3/b30-27-. The van der Waals surface area contributed by atoms with E-state index in [1.54, 1.807) is 0 Å². The fraction of sp³-hybridized carbons (Fsp3) is 0.179. The number of carbonyl (C=O) groups excluding carboxylic acids is 1. The molecule has 0 unspecified atom stereocenters. The maximum Gasteiger partial charge on any atom is 0.305 e. The third-order valence-corrected chi connectivity index (χ3v) is 5.27. The van der Waals surface area contributed by atoms with Gasteiger partial charge in [0, 0.05) is 11.8 Å². The van der Waals surface area contributed by atoms with Gasteiger partial charge < -0.3 is 14.3 Å². The molecule has 4 rings (SSSR count). The molecule has 0 N–H and O–H groups in total. The second-order valence-electron chi connectivity index (χ2n) is 7.68. The summed E-state index contributed by atoms with van der Waals surface area (Å²) in [6.45, 7) is 0.701. The lowest BCUT2D eigenvalue weighted by atomic mass is 10.1. The summed E-state index contributed by atoms with van der Waals surface area (Å²) >= 11 is 0. The SMILES string of the molecule is COC(=O)CC/C(=N/OCc1ccc(OCc2ccc3ccccc3n2)cc1)c1ccccc1. The number of para-hydroxylation sites is 1. The Hall–Kier alpha value is -4.19. The Morgan fingerprint density at radius 2 is 1.59 bits per heavy atom. The highest BCUT2D eigenvalue weighted by Gasteiger charge is 2.09. The van der Waals surface area contributed by atoms with E-state index in [1.165, 1.54) is 7.11 Å². The van der Waals surface area contributed by atoms with Gasteiger partial charge >= 0.3 is 5.97 Å². The molecule has 0 amide bonds. The number of fused-ring (bicyclic) bond motifs is 1. The molecule has 6 heteroatoms. The van der Waals surface area contributed by atoms with Gasteiger partial charge in [0.2, 0.25) is 0 Å². The Labute approximate surface area is 198 Å². The first-order chi connectivity index (χ1) is 16.7. The predicted molar refractivity (Wildman–Crippen MR) is 132 cm³/mol. The molecule has 6 nitrogen and oxygen atoms in total. The molecule has 0 atom stereocenters. The topological polar surface area (TPSA) is 70.0 Å². The number of hydrogen-bond donors (Lipinski definition) is 0. The highest BCUT2D eigenvalue weighted by atomic mass is 16.6. The molecule has 0 spiro atoms. The van der Waals surface area contributed by atoms with Crippen molar-refractivity contribution in [2.45, 2.75) is 26.1 Å². The van der Waals surface area contributed by atoms with E-state index in [0.29, 0.717) is 25.3 Å². The van der Waals surface area contributed by atoms with Gasteiger partial charge in [0.1, 0.15) is 19.0 Å². The van der Waals surface area contributed by atoms with Crippen molar-refractivity contribution in [3.63, 3.8) is 0 Å². The second kappa shape index (κ2) is 11.6. The van der Waals surface area contributed by atoms with Gasteiger partial charge in [0.05, 0.1) is 30.5 Å². The zero-order valence-corrected chi connectivity index (χ0v) is 19.0. The number of hydrogen-bond acceptors (Lipinski definition) is 6. The number of oxime groups is 1. The monoisotopic (exact) mass is 454 g/mol. The van der Waals surface area contributed by atoms with E-state index < -0.39 is 0 Å². The third kappa shape index (κ3) is 6.42. The van der Waals surface area contributed by atoms with Crippen molar-refractivity contribution in [1.29, 1.82) is 0 Å². The number of ether oxygens (including phenoxy) is 2. The fourth-order valence-electron chi connectivity index (χ4n) is 3.41. The molecule has 0 aliphatic heterocycles. The number of rotatable bonds is 10.